The van der Waals surface area contributed by atoms with Gasteiger partial charge in [-0.2, -0.15) is 0 Å². The summed E-state index contributed by atoms with van der Waals surface area (Å²) < 4.78 is 31.7. The van der Waals surface area contributed by atoms with Gasteiger partial charge in [0, 0.05) is 11.7 Å². The lowest BCUT2D eigenvalue weighted by Gasteiger charge is -2.14. The summed E-state index contributed by atoms with van der Waals surface area (Å²) in [5, 5.41) is 0. The van der Waals surface area contributed by atoms with E-state index in [2.05, 4.69) is 11.6 Å². The molecule has 3 N–H and O–H groups in total. The van der Waals surface area contributed by atoms with E-state index in [1.54, 1.807) is 24.3 Å². The van der Waals surface area contributed by atoms with E-state index >= 15 is 0 Å². The van der Waals surface area contributed by atoms with Gasteiger partial charge in [0.15, 0.2) is 0 Å². The Bertz CT molecular complexity index is 486. The molecule has 0 spiro atoms. The molecule has 0 heterocycles. The summed E-state index contributed by atoms with van der Waals surface area (Å²) in [5.74, 6) is 0.571. The monoisotopic (exact) mass is 300 g/mol. The summed E-state index contributed by atoms with van der Waals surface area (Å²) in [5.41, 5.74) is 6.21. The molecule has 0 amide bonds. The van der Waals surface area contributed by atoms with Gasteiger partial charge in [-0.1, -0.05) is 19.8 Å². The fraction of sp³-hybridized carbons (Fsp3) is 0.571. The normalized spacial score (nSPS) is 13.1. The van der Waals surface area contributed by atoms with Gasteiger partial charge >= 0.3 is 0 Å². The minimum absolute atomic E-state index is 0.0310. The highest BCUT2D eigenvalue weighted by Crippen LogP contribution is 2.13. The summed E-state index contributed by atoms with van der Waals surface area (Å²) in [6.45, 7) is 4.09. The van der Waals surface area contributed by atoms with Gasteiger partial charge in [-0.05, 0) is 37.6 Å². The van der Waals surface area contributed by atoms with Crippen molar-refractivity contribution in [3.8, 4) is 5.75 Å². The van der Waals surface area contributed by atoms with Crippen molar-refractivity contribution in [3.63, 3.8) is 0 Å². The smallest absolute Gasteiger partial charge is 0.215 e. The van der Waals surface area contributed by atoms with Crippen molar-refractivity contribution < 1.29 is 13.2 Å². The number of ether oxygens (including phenoxy) is 1. The van der Waals surface area contributed by atoms with Crippen LogP contribution < -0.4 is 15.2 Å². The highest BCUT2D eigenvalue weighted by molar-refractivity contribution is 7.89. The van der Waals surface area contributed by atoms with Crippen molar-refractivity contribution in [3.05, 3.63) is 24.3 Å². The number of nitrogens with one attached hydrogen (secondary N) is 1. The highest BCUT2D eigenvalue weighted by Gasteiger charge is 2.14. The molecule has 1 atom stereocenters. The number of nitrogen functional groups attached to an aromatic ring is 1. The van der Waals surface area contributed by atoms with Crippen LogP contribution in [0.2, 0.25) is 0 Å². The molecule has 1 unspecified atom stereocenters. The zero-order valence-electron chi connectivity index (χ0n) is 12.1. The lowest BCUT2D eigenvalue weighted by Crippen LogP contribution is -2.35. The largest absolute Gasteiger partial charge is 0.492 e. The molecule has 0 aliphatic heterocycles. The van der Waals surface area contributed by atoms with Crippen molar-refractivity contribution in [1.29, 1.82) is 0 Å². The fourth-order valence-electron chi connectivity index (χ4n) is 1.77. The van der Waals surface area contributed by atoms with E-state index in [4.69, 9.17) is 10.5 Å². The summed E-state index contributed by atoms with van der Waals surface area (Å²) in [6.07, 6.45) is 2.94. The quantitative estimate of drug-likeness (QED) is 0.685. The molecule has 0 fully saturated rings. The second-order valence-electron chi connectivity index (χ2n) is 4.90. The number of hydrogen-bond acceptors (Lipinski definition) is 4. The molecule has 0 aliphatic rings. The van der Waals surface area contributed by atoms with Gasteiger partial charge in [0.2, 0.25) is 10.0 Å². The number of benzene rings is 1. The number of anilines is 1. The van der Waals surface area contributed by atoms with Gasteiger partial charge in [-0.3, -0.25) is 0 Å². The van der Waals surface area contributed by atoms with Crippen LogP contribution in [-0.2, 0) is 10.0 Å². The Morgan fingerprint density at radius 3 is 2.55 bits per heavy atom. The van der Waals surface area contributed by atoms with Crippen LogP contribution in [0.4, 0.5) is 5.69 Å². The molecule has 0 radical (unpaired) electrons. The molecule has 0 aliphatic carbocycles. The van der Waals surface area contributed by atoms with E-state index in [1.165, 1.54) is 0 Å². The zero-order valence-corrected chi connectivity index (χ0v) is 12.9. The maximum absolute atomic E-state index is 11.8. The molecule has 0 saturated carbocycles. The Labute approximate surface area is 121 Å². The maximum atomic E-state index is 11.8. The van der Waals surface area contributed by atoms with Crippen molar-refractivity contribution in [2.45, 2.75) is 39.2 Å². The third-order valence-corrected chi connectivity index (χ3v) is 4.34. The minimum atomic E-state index is -3.29. The van der Waals surface area contributed by atoms with Crippen molar-refractivity contribution in [1.82, 2.24) is 4.72 Å². The molecule has 1 aromatic carbocycles. The average Bonchev–Trinajstić information content (AvgIpc) is 2.38. The third kappa shape index (κ3) is 6.77. The van der Waals surface area contributed by atoms with E-state index in [9.17, 15) is 8.42 Å². The van der Waals surface area contributed by atoms with Crippen molar-refractivity contribution >= 4 is 15.7 Å². The van der Waals surface area contributed by atoms with Crippen LogP contribution in [0.25, 0.3) is 0 Å². The van der Waals surface area contributed by atoms with Crippen LogP contribution in [0.1, 0.15) is 33.1 Å². The Kier molecular flexibility index (Phi) is 6.81. The molecule has 0 saturated heterocycles. The number of sulfonamides is 1. The molecule has 6 heteroatoms. The predicted octanol–water partition coefficient (Wildman–Crippen LogP) is 2.15. The number of nitrogens with two attached hydrogens (primary N) is 1. The Morgan fingerprint density at radius 1 is 1.30 bits per heavy atom. The lowest BCUT2D eigenvalue weighted by molar-refractivity contribution is 0.340. The molecular weight excluding hydrogens is 276 g/mol. The van der Waals surface area contributed by atoms with Gasteiger partial charge in [-0.15, -0.1) is 0 Å². The Hall–Kier alpha value is -1.27. The number of unbranched alkanes of at least 4 members (excludes halogenated alkanes) is 1. The van der Waals surface area contributed by atoms with E-state index in [0.717, 1.165) is 19.3 Å². The molecule has 0 aromatic heterocycles. The zero-order chi connectivity index (χ0) is 15.0. The summed E-state index contributed by atoms with van der Waals surface area (Å²) in [7, 11) is -3.29. The fourth-order valence-corrected chi connectivity index (χ4v) is 2.92. The van der Waals surface area contributed by atoms with E-state index in [0.29, 0.717) is 11.4 Å². The molecular formula is C14H24N2O3S. The Balaban J connectivity index is 2.34. The topological polar surface area (TPSA) is 81.4 Å². The molecule has 0 bridgehead atoms. The summed E-state index contributed by atoms with van der Waals surface area (Å²) in [6, 6.07) is 6.85. The summed E-state index contributed by atoms with van der Waals surface area (Å²) in [4.78, 5) is 0. The van der Waals surface area contributed by atoms with Gasteiger partial charge < -0.3 is 10.5 Å². The molecule has 5 nitrogen and oxygen atoms in total. The SMILES string of the molecule is CCCCC(C)NS(=O)(=O)CCOc1ccc(N)cc1. The molecule has 1 rings (SSSR count). The van der Waals surface area contributed by atoms with E-state index in [-0.39, 0.29) is 18.4 Å². The van der Waals surface area contributed by atoms with E-state index < -0.39 is 10.0 Å². The third-order valence-electron chi connectivity index (χ3n) is 2.87. The average molecular weight is 300 g/mol. The van der Waals surface area contributed by atoms with Crippen LogP contribution in [0.5, 0.6) is 5.75 Å². The van der Waals surface area contributed by atoms with Gasteiger partial charge in [0.1, 0.15) is 12.4 Å². The van der Waals surface area contributed by atoms with Crippen LogP contribution >= 0.6 is 0 Å². The van der Waals surface area contributed by atoms with E-state index in [1.807, 2.05) is 6.92 Å². The second-order valence-corrected chi connectivity index (χ2v) is 6.77. The van der Waals surface area contributed by atoms with Gasteiger partial charge in [0.25, 0.3) is 0 Å². The van der Waals surface area contributed by atoms with Gasteiger partial charge in [0.05, 0.1) is 5.75 Å². The first kappa shape index (κ1) is 16.8. The molecule has 1 aromatic rings. The van der Waals surface area contributed by atoms with Gasteiger partial charge in [-0.25, -0.2) is 13.1 Å². The minimum Gasteiger partial charge on any atom is -0.492 e. The molecule has 20 heavy (non-hydrogen) atoms. The first-order valence-corrected chi connectivity index (χ1v) is 8.56. The molecule has 114 valence electrons. The maximum Gasteiger partial charge on any atom is 0.215 e. The van der Waals surface area contributed by atoms with Crippen molar-refractivity contribution in [2.24, 2.45) is 0 Å². The standard InChI is InChI=1S/C14H24N2O3S/c1-3-4-5-12(2)16-20(17,18)11-10-19-14-8-6-13(15)7-9-14/h6-9,12,16H,3-5,10-11,15H2,1-2H3. The van der Waals surface area contributed by atoms with Crippen molar-refractivity contribution in [2.75, 3.05) is 18.1 Å². The Morgan fingerprint density at radius 2 is 1.95 bits per heavy atom. The van der Waals surface area contributed by atoms with Crippen LogP contribution in [0.15, 0.2) is 24.3 Å². The van der Waals surface area contributed by atoms with Crippen LogP contribution in [0, 0.1) is 0 Å². The van der Waals surface area contributed by atoms with Crippen LogP contribution in [-0.4, -0.2) is 26.8 Å². The predicted molar refractivity (Wildman–Crippen MR) is 82.3 cm³/mol. The summed E-state index contributed by atoms with van der Waals surface area (Å²) >= 11 is 0. The first-order valence-electron chi connectivity index (χ1n) is 6.91. The highest BCUT2D eigenvalue weighted by atomic mass is 32.2. The number of hydrogen-bond donors (Lipinski definition) is 2. The van der Waals surface area contributed by atoms with Crippen LogP contribution in [0.3, 0.4) is 0 Å². The lowest BCUT2D eigenvalue weighted by atomic mass is 10.2. The second kappa shape index (κ2) is 8.11. The first-order chi connectivity index (χ1) is 9.43. The number of rotatable bonds is 9.